The minimum atomic E-state index is -1.14. The molecule has 0 saturated carbocycles. The van der Waals surface area contributed by atoms with Crippen LogP contribution in [0.5, 0.6) is 0 Å². The van der Waals surface area contributed by atoms with Crippen molar-refractivity contribution in [2.45, 2.75) is 64.1 Å². The number of carboxylic acids is 1. The van der Waals surface area contributed by atoms with Crippen LogP contribution in [0.2, 0.25) is 0 Å². The lowest BCUT2D eigenvalue weighted by Crippen LogP contribution is -2.55. The molecule has 0 saturated heterocycles. The van der Waals surface area contributed by atoms with Gasteiger partial charge in [-0.15, -0.1) is 0 Å². The summed E-state index contributed by atoms with van der Waals surface area (Å²) in [5.41, 5.74) is 10.8. The summed E-state index contributed by atoms with van der Waals surface area (Å²) in [5, 5.41) is 19.8. The number of hydrogen-bond donors (Lipinski definition) is 7. The van der Waals surface area contributed by atoms with Crippen molar-refractivity contribution in [3.05, 3.63) is 0 Å². The van der Waals surface area contributed by atoms with Crippen LogP contribution in [-0.2, 0) is 14.4 Å². The number of nitrogens with one attached hydrogen (secondary N) is 4. The van der Waals surface area contributed by atoms with Crippen LogP contribution in [0, 0.1) is 5.92 Å². The third-order valence-corrected chi connectivity index (χ3v) is 4.41. The molecular weight excluding hydrogens is 380 g/mol. The fourth-order valence-electron chi connectivity index (χ4n) is 2.54. The van der Waals surface area contributed by atoms with Gasteiger partial charge in [-0.25, -0.2) is 9.59 Å². The van der Waals surface area contributed by atoms with Crippen LogP contribution in [0.4, 0.5) is 4.79 Å². The number of urea groups is 1. The fourth-order valence-corrected chi connectivity index (χ4v) is 2.54. The van der Waals surface area contributed by atoms with Crippen LogP contribution in [0.3, 0.4) is 0 Å². The Morgan fingerprint density at radius 2 is 1.48 bits per heavy atom. The maximum Gasteiger partial charge on any atom is 0.326 e. The fraction of sp³-hybridized carbons (Fsp3) is 0.778. The molecule has 0 fully saturated rings. The van der Waals surface area contributed by atoms with E-state index in [0.29, 0.717) is 12.8 Å². The van der Waals surface area contributed by atoms with Gasteiger partial charge in [-0.05, 0) is 51.6 Å². The number of nitrogens with two attached hydrogens (primary N) is 2. The molecule has 168 valence electrons. The highest BCUT2D eigenvalue weighted by Gasteiger charge is 2.28. The lowest BCUT2D eigenvalue weighted by Gasteiger charge is -2.24. The second kappa shape index (κ2) is 14.6. The van der Waals surface area contributed by atoms with Gasteiger partial charge >= 0.3 is 12.0 Å². The number of hydrogen-bond acceptors (Lipinski definition) is 6. The van der Waals surface area contributed by atoms with E-state index in [1.54, 1.807) is 20.9 Å². The van der Waals surface area contributed by atoms with Crippen molar-refractivity contribution >= 4 is 23.8 Å². The molecule has 0 rings (SSSR count). The molecule has 4 amide bonds. The summed E-state index contributed by atoms with van der Waals surface area (Å²) in [4.78, 5) is 47.2. The van der Waals surface area contributed by atoms with E-state index in [1.165, 1.54) is 0 Å². The summed E-state index contributed by atoms with van der Waals surface area (Å²) in [5.74, 6) is -2.37. The Morgan fingerprint density at radius 3 is 2.00 bits per heavy atom. The van der Waals surface area contributed by atoms with Gasteiger partial charge in [-0.2, -0.15) is 0 Å². The molecule has 0 aromatic carbocycles. The van der Waals surface area contributed by atoms with Crippen molar-refractivity contribution in [1.82, 2.24) is 21.3 Å². The lowest BCUT2D eigenvalue weighted by molar-refractivity contribution is -0.142. The number of carbonyl (C=O) groups excluding carboxylic acids is 3. The third-order valence-electron chi connectivity index (χ3n) is 4.41. The van der Waals surface area contributed by atoms with Crippen molar-refractivity contribution < 1.29 is 24.3 Å². The minimum Gasteiger partial charge on any atom is -0.480 e. The van der Waals surface area contributed by atoms with Gasteiger partial charge in [-0.3, -0.25) is 9.59 Å². The first-order valence-electron chi connectivity index (χ1n) is 9.87. The molecule has 0 aliphatic heterocycles. The summed E-state index contributed by atoms with van der Waals surface area (Å²) < 4.78 is 0. The van der Waals surface area contributed by atoms with Crippen LogP contribution < -0.4 is 32.7 Å². The monoisotopic (exact) mass is 416 g/mol. The molecule has 0 radical (unpaired) electrons. The van der Waals surface area contributed by atoms with Gasteiger partial charge in [0.15, 0.2) is 0 Å². The average Bonchev–Trinajstić information content (AvgIpc) is 2.64. The number of aliphatic carboxylic acids is 1. The molecule has 1 unspecified atom stereocenters. The van der Waals surface area contributed by atoms with Crippen molar-refractivity contribution in [3.8, 4) is 0 Å². The summed E-state index contributed by atoms with van der Waals surface area (Å²) in [6.45, 7) is 4.53. The van der Waals surface area contributed by atoms with E-state index >= 15 is 0 Å². The summed E-state index contributed by atoms with van der Waals surface area (Å²) >= 11 is 0. The second-order valence-corrected chi connectivity index (χ2v) is 7.26. The van der Waals surface area contributed by atoms with Crippen molar-refractivity contribution in [2.75, 3.05) is 20.1 Å². The SMILES string of the molecule is CNCCCC[C@H](NC(=O)[C@H](CCCNC(N)=O)NC(=O)C(N)C(C)C)C(=O)O. The molecule has 9 N–H and O–H groups in total. The van der Waals surface area contributed by atoms with Crippen molar-refractivity contribution in [3.63, 3.8) is 0 Å². The predicted octanol–water partition coefficient (Wildman–Crippen LogP) is -1.14. The Morgan fingerprint density at radius 1 is 0.897 bits per heavy atom. The molecule has 11 heteroatoms. The van der Waals surface area contributed by atoms with Gasteiger partial charge in [0, 0.05) is 6.54 Å². The van der Waals surface area contributed by atoms with Crippen molar-refractivity contribution in [1.29, 1.82) is 0 Å². The Balaban J connectivity index is 4.99. The van der Waals surface area contributed by atoms with E-state index in [-0.39, 0.29) is 25.3 Å². The van der Waals surface area contributed by atoms with E-state index in [9.17, 15) is 24.3 Å². The van der Waals surface area contributed by atoms with Gasteiger partial charge in [0.1, 0.15) is 12.1 Å². The van der Waals surface area contributed by atoms with Crippen LogP contribution >= 0.6 is 0 Å². The van der Waals surface area contributed by atoms with Crippen LogP contribution in [0.15, 0.2) is 0 Å². The van der Waals surface area contributed by atoms with E-state index in [1.807, 2.05) is 0 Å². The first-order chi connectivity index (χ1) is 13.6. The maximum absolute atomic E-state index is 12.6. The Kier molecular flexibility index (Phi) is 13.4. The number of rotatable bonds is 15. The minimum absolute atomic E-state index is 0.130. The Bertz CT molecular complexity index is 543. The van der Waals surface area contributed by atoms with Crippen molar-refractivity contribution in [2.24, 2.45) is 17.4 Å². The summed E-state index contributed by atoms with van der Waals surface area (Å²) in [7, 11) is 1.80. The highest BCUT2D eigenvalue weighted by atomic mass is 16.4. The number of primary amides is 1. The molecule has 0 aromatic rings. The maximum atomic E-state index is 12.6. The van der Waals surface area contributed by atoms with E-state index < -0.39 is 41.9 Å². The lowest BCUT2D eigenvalue weighted by atomic mass is 10.0. The Hall–Kier alpha value is -2.40. The molecule has 11 nitrogen and oxygen atoms in total. The molecule has 3 atom stereocenters. The van der Waals surface area contributed by atoms with Crippen LogP contribution in [-0.4, -0.2) is 67.2 Å². The molecular formula is C18H36N6O5. The zero-order valence-electron chi connectivity index (χ0n) is 17.5. The first kappa shape index (κ1) is 26.6. The Labute approximate surface area is 171 Å². The molecule has 0 heterocycles. The second-order valence-electron chi connectivity index (χ2n) is 7.26. The number of unbranched alkanes of at least 4 members (excludes halogenated alkanes) is 1. The van der Waals surface area contributed by atoms with E-state index in [4.69, 9.17) is 11.5 Å². The first-order valence-corrected chi connectivity index (χ1v) is 9.87. The molecule has 0 aliphatic rings. The van der Waals surface area contributed by atoms with Crippen LogP contribution in [0.1, 0.15) is 46.0 Å². The highest BCUT2D eigenvalue weighted by Crippen LogP contribution is 2.05. The quantitative estimate of drug-likeness (QED) is 0.164. The molecule has 0 aliphatic carbocycles. The van der Waals surface area contributed by atoms with Gasteiger partial charge in [0.2, 0.25) is 11.8 Å². The van der Waals surface area contributed by atoms with E-state index in [2.05, 4.69) is 21.3 Å². The topological polar surface area (TPSA) is 189 Å². The largest absolute Gasteiger partial charge is 0.480 e. The van der Waals surface area contributed by atoms with E-state index in [0.717, 1.165) is 13.0 Å². The summed E-state index contributed by atoms with van der Waals surface area (Å²) in [6.07, 6.45) is 2.22. The molecule has 0 spiro atoms. The number of carbonyl (C=O) groups is 4. The molecule has 0 bridgehead atoms. The normalized spacial score (nSPS) is 14.0. The van der Waals surface area contributed by atoms with Crippen LogP contribution in [0.25, 0.3) is 0 Å². The third kappa shape index (κ3) is 11.9. The smallest absolute Gasteiger partial charge is 0.326 e. The van der Waals surface area contributed by atoms with Gasteiger partial charge in [-0.1, -0.05) is 13.8 Å². The zero-order chi connectivity index (χ0) is 22.4. The highest BCUT2D eigenvalue weighted by molar-refractivity contribution is 5.91. The standard InChI is InChI=1S/C18H36N6O5/c1-11(2)14(19)16(26)23-12(8-6-10-22-18(20)29)15(25)24-13(17(27)28)7-4-5-9-21-3/h11-14,21H,4-10,19H2,1-3H3,(H,23,26)(H,24,25)(H,27,28)(H3,20,22,29)/t12-,13-,14?/m0/s1. The van der Waals surface area contributed by atoms with Gasteiger partial charge < -0.3 is 37.8 Å². The van der Waals surface area contributed by atoms with Gasteiger partial charge in [0.05, 0.1) is 6.04 Å². The number of carboxylic acid groups (broad SMARTS) is 1. The van der Waals surface area contributed by atoms with Gasteiger partial charge in [0.25, 0.3) is 0 Å². The molecule has 29 heavy (non-hydrogen) atoms. The summed E-state index contributed by atoms with van der Waals surface area (Å²) in [6, 6.07) is -3.52. The predicted molar refractivity (Wildman–Crippen MR) is 109 cm³/mol. The average molecular weight is 417 g/mol. The zero-order valence-corrected chi connectivity index (χ0v) is 17.5. The molecule has 0 aromatic heterocycles. The number of amides is 4.